The number of fused-ring (bicyclic) bond motifs is 1. The molecule has 1 fully saturated rings. The normalized spacial score (nSPS) is 16.9. The molecule has 0 aliphatic carbocycles. The Bertz CT molecular complexity index is 1000. The van der Waals surface area contributed by atoms with Crippen molar-refractivity contribution >= 4 is 22.8 Å². The Morgan fingerprint density at radius 1 is 1.41 bits per heavy atom. The maximum absolute atomic E-state index is 14.3. The molecule has 0 spiro atoms. The van der Waals surface area contributed by atoms with Gasteiger partial charge in [0.25, 0.3) is 0 Å². The second kappa shape index (κ2) is 8.55. The highest BCUT2D eigenvalue weighted by Crippen LogP contribution is 2.26. The molecule has 0 saturated carbocycles. The Balaban J connectivity index is 1.47. The molecule has 1 aliphatic rings. The Hall–Kier alpha value is -3.03. The fourth-order valence-electron chi connectivity index (χ4n) is 3.83. The van der Waals surface area contributed by atoms with Crippen molar-refractivity contribution in [3.8, 4) is 11.4 Å². The van der Waals surface area contributed by atoms with Crippen LogP contribution in [0.1, 0.15) is 32.6 Å². The summed E-state index contributed by atoms with van der Waals surface area (Å²) < 4.78 is 14.3. The lowest BCUT2D eigenvalue weighted by molar-refractivity contribution is -0.132. The van der Waals surface area contributed by atoms with Gasteiger partial charge in [0.05, 0.1) is 6.20 Å². The van der Waals surface area contributed by atoms with E-state index in [4.69, 9.17) is 0 Å². The summed E-state index contributed by atoms with van der Waals surface area (Å²) in [5, 5.41) is 4.03. The van der Waals surface area contributed by atoms with Gasteiger partial charge in [0.15, 0.2) is 17.5 Å². The molecule has 3 aromatic heterocycles. The minimum atomic E-state index is -0.485. The van der Waals surface area contributed by atoms with E-state index in [9.17, 15) is 9.18 Å². The van der Waals surface area contributed by atoms with Crippen LogP contribution in [0.2, 0.25) is 0 Å². The van der Waals surface area contributed by atoms with Crippen molar-refractivity contribution in [2.24, 2.45) is 5.92 Å². The molecule has 152 valence electrons. The topological polar surface area (TPSA) is 86.8 Å². The van der Waals surface area contributed by atoms with Gasteiger partial charge in [-0.1, -0.05) is 6.92 Å². The molecule has 4 rings (SSSR count). The minimum Gasteiger partial charge on any atom is -0.367 e. The number of anilines is 1. The number of nitrogens with one attached hydrogen (secondary N) is 2. The number of pyridine rings is 1. The van der Waals surface area contributed by atoms with Crippen LogP contribution < -0.4 is 5.32 Å². The summed E-state index contributed by atoms with van der Waals surface area (Å²) in [5.41, 5.74) is 1.52. The molecule has 0 bridgehead atoms. The summed E-state index contributed by atoms with van der Waals surface area (Å²) in [6, 6.07) is 3.77. The highest BCUT2D eigenvalue weighted by Gasteiger charge is 2.23. The van der Waals surface area contributed by atoms with Crippen LogP contribution in [0, 0.1) is 11.7 Å². The average molecular weight is 396 g/mol. The van der Waals surface area contributed by atoms with Crippen molar-refractivity contribution in [2.75, 3.05) is 25.0 Å². The molecule has 1 unspecified atom stereocenters. The molecule has 1 saturated heterocycles. The predicted molar refractivity (Wildman–Crippen MR) is 110 cm³/mol. The number of amides is 1. The number of likely N-dealkylation sites (tertiary alicyclic amines) is 1. The Labute approximate surface area is 168 Å². The molecular weight excluding hydrogens is 371 g/mol. The van der Waals surface area contributed by atoms with Gasteiger partial charge < -0.3 is 15.2 Å². The van der Waals surface area contributed by atoms with Crippen LogP contribution in [0.4, 0.5) is 10.2 Å². The largest absolute Gasteiger partial charge is 0.367 e. The molecule has 1 aliphatic heterocycles. The van der Waals surface area contributed by atoms with Crippen molar-refractivity contribution in [3.05, 3.63) is 36.5 Å². The number of carbonyl (C=O) groups is 1. The first-order valence-corrected chi connectivity index (χ1v) is 10.1. The maximum atomic E-state index is 14.3. The van der Waals surface area contributed by atoms with Gasteiger partial charge in [0.1, 0.15) is 5.65 Å². The number of nitrogens with zero attached hydrogens (tertiary/aromatic N) is 4. The van der Waals surface area contributed by atoms with Crippen molar-refractivity contribution in [1.82, 2.24) is 24.8 Å². The summed E-state index contributed by atoms with van der Waals surface area (Å²) in [6.07, 6.45) is 8.11. The Kier molecular flexibility index (Phi) is 5.69. The van der Waals surface area contributed by atoms with Gasteiger partial charge in [-0.15, -0.1) is 0 Å². The molecular formula is C21H25FN6O. The maximum Gasteiger partial charge on any atom is 0.222 e. The van der Waals surface area contributed by atoms with Gasteiger partial charge in [-0.2, -0.15) is 0 Å². The van der Waals surface area contributed by atoms with Crippen LogP contribution in [-0.2, 0) is 4.79 Å². The van der Waals surface area contributed by atoms with E-state index in [1.165, 1.54) is 6.20 Å². The number of aromatic nitrogens is 4. The number of aromatic amines is 1. The van der Waals surface area contributed by atoms with Crippen molar-refractivity contribution in [2.45, 2.75) is 32.6 Å². The second-order valence-corrected chi connectivity index (χ2v) is 7.47. The molecule has 3 aromatic rings. The third-order valence-electron chi connectivity index (χ3n) is 5.33. The van der Waals surface area contributed by atoms with Crippen LogP contribution in [0.3, 0.4) is 0 Å². The molecule has 4 heterocycles. The van der Waals surface area contributed by atoms with Crippen LogP contribution in [0.5, 0.6) is 0 Å². The van der Waals surface area contributed by atoms with Gasteiger partial charge in [0.2, 0.25) is 5.91 Å². The molecule has 1 amide bonds. The molecule has 0 radical (unpaired) electrons. The fourth-order valence-corrected chi connectivity index (χ4v) is 3.83. The van der Waals surface area contributed by atoms with Crippen LogP contribution >= 0.6 is 0 Å². The zero-order valence-corrected chi connectivity index (χ0v) is 16.5. The smallest absolute Gasteiger partial charge is 0.222 e. The van der Waals surface area contributed by atoms with E-state index in [2.05, 4.69) is 25.3 Å². The predicted octanol–water partition coefficient (Wildman–Crippen LogP) is 3.61. The van der Waals surface area contributed by atoms with Crippen LogP contribution in [-0.4, -0.2) is 50.4 Å². The lowest BCUT2D eigenvalue weighted by Crippen LogP contribution is -2.41. The molecule has 7 nitrogen and oxygen atoms in total. The number of hydrogen-bond acceptors (Lipinski definition) is 5. The lowest BCUT2D eigenvalue weighted by atomic mass is 9.97. The van der Waals surface area contributed by atoms with Gasteiger partial charge in [0, 0.05) is 49.4 Å². The average Bonchev–Trinajstić information content (AvgIpc) is 3.18. The van der Waals surface area contributed by atoms with Crippen LogP contribution in [0.15, 0.2) is 30.7 Å². The monoisotopic (exact) mass is 396 g/mol. The van der Waals surface area contributed by atoms with E-state index < -0.39 is 5.82 Å². The number of halogens is 1. The van der Waals surface area contributed by atoms with Crippen molar-refractivity contribution in [3.63, 3.8) is 0 Å². The third kappa shape index (κ3) is 4.21. The van der Waals surface area contributed by atoms with Crippen LogP contribution in [0.25, 0.3) is 22.4 Å². The second-order valence-electron chi connectivity index (χ2n) is 7.47. The van der Waals surface area contributed by atoms with Gasteiger partial charge >= 0.3 is 0 Å². The highest BCUT2D eigenvalue weighted by molar-refractivity contribution is 5.91. The van der Waals surface area contributed by atoms with Gasteiger partial charge in [-0.3, -0.25) is 4.79 Å². The first-order chi connectivity index (χ1) is 14.2. The van der Waals surface area contributed by atoms with E-state index >= 15 is 0 Å². The third-order valence-corrected chi connectivity index (χ3v) is 5.33. The van der Waals surface area contributed by atoms with Gasteiger partial charge in [-0.25, -0.2) is 19.3 Å². The Morgan fingerprint density at radius 3 is 3.17 bits per heavy atom. The first-order valence-electron chi connectivity index (χ1n) is 10.1. The highest BCUT2D eigenvalue weighted by atomic mass is 19.1. The quantitative estimate of drug-likeness (QED) is 0.665. The fraction of sp³-hybridized carbons (Fsp3) is 0.429. The van der Waals surface area contributed by atoms with E-state index in [0.717, 1.165) is 42.4 Å². The molecule has 2 N–H and O–H groups in total. The van der Waals surface area contributed by atoms with Crippen molar-refractivity contribution < 1.29 is 9.18 Å². The SMILES string of the molecule is CCCC(=O)N1CCCC(CNc2nc(-c3c[nH]c4ncccc34)ncc2F)C1. The number of piperidine rings is 1. The molecule has 0 aromatic carbocycles. The van der Waals surface area contributed by atoms with Gasteiger partial charge in [-0.05, 0) is 37.3 Å². The minimum absolute atomic E-state index is 0.185. The zero-order chi connectivity index (χ0) is 20.2. The number of rotatable bonds is 6. The Morgan fingerprint density at radius 2 is 2.31 bits per heavy atom. The summed E-state index contributed by atoms with van der Waals surface area (Å²) in [5.74, 6) is 0.628. The standard InChI is InChI=1S/C21H25FN6O/c1-2-5-18(29)28-9-4-6-14(13-28)10-24-21-17(22)12-26-20(27-21)16-11-25-19-15(16)7-3-8-23-19/h3,7-8,11-12,14H,2,4-6,9-10,13H2,1H3,(H,23,25)(H,24,26,27). The number of carbonyl (C=O) groups excluding carboxylic acids is 1. The summed E-state index contributed by atoms with van der Waals surface area (Å²) in [4.78, 5) is 30.0. The van der Waals surface area contributed by atoms with E-state index in [1.54, 1.807) is 12.4 Å². The molecule has 8 heteroatoms. The van der Waals surface area contributed by atoms with Crippen molar-refractivity contribution in [1.29, 1.82) is 0 Å². The summed E-state index contributed by atoms with van der Waals surface area (Å²) >= 11 is 0. The molecule has 29 heavy (non-hydrogen) atoms. The number of H-pyrrole nitrogens is 1. The molecule has 1 atom stereocenters. The number of hydrogen-bond donors (Lipinski definition) is 2. The summed E-state index contributed by atoms with van der Waals surface area (Å²) in [7, 11) is 0. The first kappa shape index (κ1) is 19.3. The van der Waals surface area contributed by atoms with E-state index in [-0.39, 0.29) is 17.6 Å². The lowest BCUT2D eigenvalue weighted by Gasteiger charge is -2.33. The zero-order valence-electron chi connectivity index (χ0n) is 16.5. The van der Waals surface area contributed by atoms with E-state index in [1.807, 2.05) is 24.0 Å². The summed E-state index contributed by atoms with van der Waals surface area (Å²) in [6.45, 7) is 4.11. The van der Waals surface area contributed by atoms with E-state index in [0.29, 0.717) is 25.3 Å².